The normalized spacial score (nSPS) is 17.8. The maximum atomic E-state index is 14.0. The first-order chi connectivity index (χ1) is 30.0. The zero-order valence-electron chi connectivity index (χ0n) is 38.5. The highest BCUT2D eigenvalue weighted by Gasteiger charge is 2.40. The average Bonchev–Trinajstić information content (AvgIpc) is 3.68. The van der Waals surface area contributed by atoms with Crippen molar-refractivity contribution in [1.82, 2.24) is 42.1 Å². The third-order valence-electron chi connectivity index (χ3n) is 10.2. The van der Waals surface area contributed by atoms with Crippen molar-refractivity contribution in [3.63, 3.8) is 0 Å². The zero-order chi connectivity index (χ0) is 50.0. The number of hydrogen-bond acceptors (Lipinski definition) is 13. The number of nitrogens with zero attached hydrogens (tertiary/aromatic N) is 1. The second-order valence-electron chi connectivity index (χ2n) is 17.6. The lowest BCUT2D eigenvalue weighted by Crippen LogP contribution is -2.60. The van der Waals surface area contributed by atoms with Crippen LogP contribution in [0.15, 0.2) is 0 Å². The van der Waals surface area contributed by atoms with Crippen LogP contribution in [0.25, 0.3) is 0 Å². The van der Waals surface area contributed by atoms with Crippen molar-refractivity contribution in [3.8, 4) is 0 Å². The molecule has 10 atom stereocenters. The SMILES string of the molecule is CC(C)C[C@H](NC(=O)[C@H](CC(=O)O)NC(=O)[C@H](C)NC(=O)[C@H](C)NC(=O)[C@@H]1CCCN1C(=O)[C@H](CC(C)C)NC(=O)[C@H](CC(C)C)NC(=O)[C@@H](N)[C@@H](C)O)C(=O)N[C@@H](CC(=O)O)C(=O)O. The van der Waals surface area contributed by atoms with Crippen LogP contribution in [-0.4, -0.2) is 158 Å². The third-order valence-corrected chi connectivity index (χ3v) is 10.2. The summed E-state index contributed by atoms with van der Waals surface area (Å²) in [6.07, 6.45) is -2.25. The third kappa shape index (κ3) is 19.8. The predicted octanol–water partition coefficient (Wildman–Crippen LogP) is -2.71. The molecule has 0 aromatic carbocycles. The number of nitrogens with one attached hydrogen (secondary N) is 7. The Balaban J connectivity index is 3.09. The first kappa shape index (κ1) is 57.1. The largest absolute Gasteiger partial charge is 0.481 e. The molecule has 0 radical (unpaired) electrons. The molecule has 0 aromatic rings. The Morgan fingerprint density at radius 1 is 0.523 bits per heavy atom. The molecule has 1 saturated heterocycles. The lowest BCUT2D eigenvalue weighted by Gasteiger charge is -2.31. The summed E-state index contributed by atoms with van der Waals surface area (Å²) in [6.45, 7) is 14.6. The minimum absolute atomic E-state index is 0.0662. The van der Waals surface area contributed by atoms with E-state index in [2.05, 4.69) is 31.9 Å². The molecule has 1 heterocycles. The van der Waals surface area contributed by atoms with Gasteiger partial charge < -0.3 is 68.3 Å². The molecule has 24 heteroatoms. The van der Waals surface area contributed by atoms with Crippen molar-refractivity contribution in [2.45, 2.75) is 168 Å². The van der Waals surface area contributed by atoms with Crippen LogP contribution >= 0.6 is 0 Å². The summed E-state index contributed by atoms with van der Waals surface area (Å²) >= 11 is 0. The van der Waals surface area contributed by atoms with Gasteiger partial charge in [0.25, 0.3) is 0 Å². The van der Waals surface area contributed by atoms with E-state index in [0.717, 1.165) is 0 Å². The van der Waals surface area contributed by atoms with Gasteiger partial charge in [-0.3, -0.25) is 47.9 Å². The first-order valence-electron chi connectivity index (χ1n) is 21.6. The van der Waals surface area contributed by atoms with Gasteiger partial charge in [-0.2, -0.15) is 0 Å². The minimum atomic E-state index is -1.85. The van der Waals surface area contributed by atoms with Crippen LogP contribution in [0.4, 0.5) is 0 Å². The van der Waals surface area contributed by atoms with Gasteiger partial charge in [0.15, 0.2) is 0 Å². The summed E-state index contributed by atoms with van der Waals surface area (Å²) in [5.41, 5.74) is 5.77. The van der Waals surface area contributed by atoms with Crippen LogP contribution in [0.5, 0.6) is 0 Å². The number of hydrogen-bond donors (Lipinski definition) is 12. The van der Waals surface area contributed by atoms with Crippen molar-refractivity contribution in [3.05, 3.63) is 0 Å². The molecular weight excluding hydrogens is 858 g/mol. The number of carboxylic acids is 3. The van der Waals surface area contributed by atoms with Crippen molar-refractivity contribution >= 4 is 65.2 Å². The second kappa shape index (κ2) is 26.8. The van der Waals surface area contributed by atoms with Crippen molar-refractivity contribution < 1.29 is 73.2 Å². The number of aliphatic carboxylic acids is 3. The topological polar surface area (TPSA) is 382 Å². The molecule has 1 aliphatic heterocycles. The van der Waals surface area contributed by atoms with Crippen molar-refractivity contribution in [2.75, 3.05) is 6.54 Å². The molecule has 1 fully saturated rings. The number of carbonyl (C=O) groups is 11. The Hall–Kier alpha value is -5.91. The maximum Gasteiger partial charge on any atom is 0.326 e. The van der Waals surface area contributed by atoms with E-state index in [4.69, 9.17) is 10.8 Å². The number of aliphatic hydroxyl groups excluding tert-OH is 1. The molecule has 0 saturated carbocycles. The van der Waals surface area contributed by atoms with E-state index >= 15 is 0 Å². The molecule has 13 N–H and O–H groups in total. The predicted molar refractivity (Wildman–Crippen MR) is 230 cm³/mol. The summed E-state index contributed by atoms with van der Waals surface area (Å²) in [5, 5.41) is 54.3. The van der Waals surface area contributed by atoms with E-state index in [1.165, 1.54) is 25.7 Å². The standard InChI is InChI=1S/C41H69N9O15/c1-18(2)13-24(36(59)49-28(41(64)65)17-31(54)55)46-37(60)26(16-30(52)53)45-34(57)22(8)43-33(56)21(7)44-38(61)29-11-10-12-50(29)40(63)27(15-20(5)6)48-35(58)25(14-19(3)4)47-39(62)32(42)23(9)51/h18-29,32,51H,10-17,42H2,1-9H3,(H,43,56)(H,44,61)(H,45,57)(H,46,60)(H,47,62)(H,48,58)(H,49,59)(H,52,53)(H,54,55)(H,64,65)/t21-,22-,23+,24-,25-,26-,27-,28-,29-,32-/m0/s1. The maximum absolute atomic E-state index is 14.0. The number of likely N-dealkylation sites (tertiary alicyclic amines) is 1. The molecule has 0 aromatic heterocycles. The Labute approximate surface area is 377 Å². The number of amides is 8. The van der Waals surface area contributed by atoms with Gasteiger partial charge in [0.2, 0.25) is 47.3 Å². The lowest BCUT2D eigenvalue weighted by atomic mass is 9.99. The molecule has 368 valence electrons. The fourth-order valence-corrected chi connectivity index (χ4v) is 6.74. The van der Waals surface area contributed by atoms with Gasteiger partial charge in [-0.15, -0.1) is 0 Å². The first-order valence-corrected chi connectivity index (χ1v) is 21.6. The van der Waals surface area contributed by atoms with E-state index in [-0.39, 0.29) is 50.0 Å². The van der Waals surface area contributed by atoms with Crippen LogP contribution in [0.1, 0.15) is 107 Å². The highest BCUT2D eigenvalue weighted by Crippen LogP contribution is 2.21. The summed E-state index contributed by atoms with van der Waals surface area (Å²) in [6, 6.07) is -12.4. The van der Waals surface area contributed by atoms with Crippen molar-refractivity contribution in [1.29, 1.82) is 0 Å². The molecule has 0 spiro atoms. The van der Waals surface area contributed by atoms with E-state index in [9.17, 15) is 68.1 Å². The van der Waals surface area contributed by atoms with Crippen LogP contribution < -0.4 is 43.0 Å². The van der Waals surface area contributed by atoms with Gasteiger partial charge in [-0.05, 0) is 70.6 Å². The summed E-state index contributed by atoms with van der Waals surface area (Å²) in [5.74, 6) is -12.0. The lowest BCUT2D eigenvalue weighted by molar-refractivity contribution is -0.147. The van der Waals surface area contributed by atoms with E-state index in [1.54, 1.807) is 13.8 Å². The molecule has 65 heavy (non-hydrogen) atoms. The van der Waals surface area contributed by atoms with Crippen LogP contribution in [0, 0.1) is 17.8 Å². The Kier molecular flexibility index (Phi) is 23.5. The smallest absolute Gasteiger partial charge is 0.326 e. The molecule has 0 aliphatic carbocycles. The minimum Gasteiger partial charge on any atom is -0.481 e. The molecule has 1 aliphatic rings. The van der Waals surface area contributed by atoms with Crippen molar-refractivity contribution in [2.24, 2.45) is 23.5 Å². The molecule has 24 nitrogen and oxygen atoms in total. The fourth-order valence-electron chi connectivity index (χ4n) is 6.74. The Morgan fingerprint density at radius 2 is 0.908 bits per heavy atom. The second-order valence-corrected chi connectivity index (χ2v) is 17.6. The Bertz CT molecular complexity index is 1740. The molecular formula is C41H69N9O15. The summed E-state index contributed by atoms with van der Waals surface area (Å²) < 4.78 is 0. The number of nitrogens with two attached hydrogens (primary N) is 1. The van der Waals surface area contributed by atoms with E-state index in [0.29, 0.717) is 6.42 Å². The van der Waals surface area contributed by atoms with Gasteiger partial charge in [0, 0.05) is 6.54 Å². The summed E-state index contributed by atoms with van der Waals surface area (Å²) in [4.78, 5) is 142. The van der Waals surface area contributed by atoms with Crippen LogP contribution in [0.2, 0.25) is 0 Å². The number of carboxylic acid groups (broad SMARTS) is 3. The van der Waals surface area contributed by atoms with E-state index in [1.807, 2.05) is 33.0 Å². The van der Waals surface area contributed by atoms with Gasteiger partial charge in [0.1, 0.15) is 54.4 Å². The van der Waals surface area contributed by atoms with Gasteiger partial charge in [-0.1, -0.05) is 41.5 Å². The van der Waals surface area contributed by atoms with Gasteiger partial charge >= 0.3 is 17.9 Å². The van der Waals surface area contributed by atoms with Crippen LogP contribution in [-0.2, 0) is 52.7 Å². The fraction of sp³-hybridized carbons (Fsp3) is 0.732. The average molecular weight is 928 g/mol. The molecule has 0 unspecified atom stereocenters. The highest BCUT2D eigenvalue weighted by atomic mass is 16.4. The number of rotatable bonds is 27. The quantitative estimate of drug-likeness (QED) is 0.0399. The Morgan fingerprint density at radius 3 is 1.37 bits per heavy atom. The molecule has 0 bridgehead atoms. The molecule has 8 amide bonds. The monoisotopic (exact) mass is 927 g/mol. The summed E-state index contributed by atoms with van der Waals surface area (Å²) in [7, 11) is 0. The number of aliphatic hydroxyl groups is 1. The van der Waals surface area contributed by atoms with Gasteiger partial charge in [-0.25, -0.2) is 4.79 Å². The highest BCUT2D eigenvalue weighted by molar-refractivity contribution is 5.99. The molecule has 1 rings (SSSR count). The zero-order valence-corrected chi connectivity index (χ0v) is 38.5. The number of carbonyl (C=O) groups excluding carboxylic acids is 8. The van der Waals surface area contributed by atoms with Crippen LogP contribution in [0.3, 0.4) is 0 Å². The van der Waals surface area contributed by atoms with Gasteiger partial charge in [0.05, 0.1) is 18.9 Å². The van der Waals surface area contributed by atoms with E-state index < -0.39 is 138 Å².